The number of thioether (sulfide) groups is 1. The number of anilines is 1. The second-order valence-electron chi connectivity index (χ2n) is 5.44. The molecule has 0 aliphatic carbocycles. The second kappa shape index (κ2) is 6.88. The molecule has 1 aromatic heterocycles. The number of carbonyl (C=O) groups is 2. The van der Waals surface area contributed by atoms with Gasteiger partial charge in [-0.05, 0) is 50.2 Å². The van der Waals surface area contributed by atoms with Crippen molar-refractivity contribution in [3.63, 3.8) is 0 Å². The lowest BCUT2D eigenvalue weighted by Crippen LogP contribution is -2.22. The Hall–Kier alpha value is -2.60. The van der Waals surface area contributed by atoms with Crippen LogP contribution in [0, 0.1) is 0 Å². The molecule has 0 bridgehead atoms. The number of nitrogens with one attached hydrogen (secondary N) is 2. The fourth-order valence-electron chi connectivity index (χ4n) is 2.24. The van der Waals surface area contributed by atoms with E-state index in [9.17, 15) is 9.59 Å². The maximum absolute atomic E-state index is 12.3. The molecule has 0 saturated carbocycles. The molecule has 0 aliphatic heterocycles. The van der Waals surface area contributed by atoms with Crippen molar-refractivity contribution in [3.8, 4) is 0 Å². The molecule has 0 radical (unpaired) electrons. The molecule has 3 rings (SSSR count). The minimum absolute atomic E-state index is 0.00156. The van der Waals surface area contributed by atoms with Gasteiger partial charge in [0.05, 0.1) is 16.3 Å². The van der Waals surface area contributed by atoms with Gasteiger partial charge < -0.3 is 10.3 Å². The molecule has 3 aromatic rings. The number of fused-ring (bicyclic) bond motifs is 1. The highest BCUT2D eigenvalue weighted by Gasteiger charge is 2.16. The molecule has 1 amide bonds. The van der Waals surface area contributed by atoms with Crippen LogP contribution in [0.1, 0.15) is 24.2 Å². The van der Waals surface area contributed by atoms with Gasteiger partial charge in [-0.2, -0.15) is 0 Å². The van der Waals surface area contributed by atoms with Crippen molar-refractivity contribution in [2.24, 2.45) is 0 Å². The van der Waals surface area contributed by atoms with Crippen molar-refractivity contribution in [2.75, 3.05) is 5.32 Å². The zero-order valence-electron chi connectivity index (χ0n) is 13.4. The van der Waals surface area contributed by atoms with Crippen molar-refractivity contribution < 1.29 is 9.59 Å². The van der Waals surface area contributed by atoms with Crippen molar-refractivity contribution >= 4 is 40.2 Å². The van der Waals surface area contributed by atoms with Gasteiger partial charge in [0.25, 0.3) is 0 Å². The number of amides is 1. The maximum Gasteiger partial charge on any atom is 0.237 e. The number of hydrogen-bond donors (Lipinski definition) is 2. The summed E-state index contributed by atoms with van der Waals surface area (Å²) in [6.45, 7) is 3.34. The van der Waals surface area contributed by atoms with Crippen LogP contribution in [0.25, 0.3) is 11.0 Å². The van der Waals surface area contributed by atoms with Crippen LogP contribution in [0.2, 0.25) is 0 Å². The molecule has 1 unspecified atom stereocenters. The first-order valence-corrected chi connectivity index (χ1v) is 8.44. The standard InChI is InChI=1S/C18H17N3O2S/c1-11(22)13-7-9-14(10-8-13)19-17(23)12(2)24-18-20-15-5-3-4-6-16(15)21-18/h3-10,12H,1-2H3,(H,19,23)(H,20,21). The molecule has 122 valence electrons. The molecule has 24 heavy (non-hydrogen) atoms. The first kappa shape index (κ1) is 16.3. The predicted octanol–water partition coefficient (Wildman–Crippen LogP) is 3.88. The lowest BCUT2D eigenvalue weighted by Gasteiger charge is -2.10. The summed E-state index contributed by atoms with van der Waals surface area (Å²) in [6, 6.07) is 14.6. The van der Waals surface area contributed by atoms with Crippen LogP contribution in [-0.2, 0) is 4.79 Å². The van der Waals surface area contributed by atoms with Crippen LogP contribution < -0.4 is 5.32 Å². The van der Waals surface area contributed by atoms with Crippen LogP contribution in [0.4, 0.5) is 5.69 Å². The number of para-hydroxylation sites is 2. The number of H-pyrrole nitrogens is 1. The third-order valence-electron chi connectivity index (χ3n) is 3.58. The Balaban J connectivity index is 1.64. The van der Waals surface area contributed by atoms with Crippen LogP contribution in [0.3, 0.4) is 0 Å². The van der Waals surface area contributed by atoms with Crippen LogP contribution in [0.5, 0.6) is 0 Å². The first-order chi connectivity index (χ1) is 11.5. The number of rotatable bonds is 5. The normalized spacial score (nSPS) is 12.1. The van der Waals surface area contributed by atoms with E-state index < -0.39 is 0 Å². The van der Waals surface area contributed by atoms with Crippen molar-refractivity contribution in [1.29, 1.82) is 0 Å². The minimum atomic E-state index is -0.307. The number of imidazole rings is 1. The van der Waals surface area contributed by atoms with Crippen molar-refractivity contribution in [2.45, 2.75) is 24.3 Å². The summed E-state index contributed by atoms with van der Waals surface area (Å²) < 4.78 is 0. The fourth-order valence-corrected chi connectivity index (χ4v) is 3.06. The molecule has 2 aromatic carbocycles. The number of nitrogens with zero attached hydrogens (tertiary/aromatic N) is 1. The van der Waals surface area contributed by atoms with E-state index in [-0.39, 0.29) is 16.9 Å². The maximum atomic E-state index is 12.3. The molecular weight excluding hydrogens is 322 g/mol. The van der Waals surface area contributed by atoms with Gasteiger partial charge in [-0.1, -0.05) is 23.9 Å². The van der Waals surface area contributed by atoms with Gasteiger partial charge in [0.2, 0.25) is 5.91 Å². The molecule has 0 saturated heterocycles. The van der Waals surface area contributed by atoms with Gasteiger partial charge in [0, 0.05) is 11.3 Å². The first-order valence-electron chi connectivity index (χ1n) is 7.56. The largest absolute Gasteiger partial charge is 0.333 e. The van der Waals surface area contributed by atoms with E-state index in [2.05, 4.69) is 15.3 Å². The lowest BCUT2D eigenvalue weighted by atomic mass is 10.1. The molecule has 6 heteroatoms. The Morgan fingerprint density at radius 2 is 1.83 bits per heavy atom. The molecule has 1 heterocycles. The topological polar surface area (TPSA) is 74.8 Å². The van der Waals surface area contributed by atoms with Gasteiger partial charge in [-0.3, -0.25) is 9.59 Å². The third-order valence-corrected chi connectivity index (χ3v) is 4.57. The van der Waals surface area contributed by atoms with E-state index in [1.807, 2.05) is 31.2 Å². The predicted molar refractivity (Wildman–Crippen MR) is 96.5 cm³/mol. The molecular formula is C18H17N3O2S. The summed E-state index contributed by atoms with van der Waals surface area (Å²) >= 11 is 1.37. The van der Waals surface area contributed by atoms with E-state index in [4.69, 9.17) is 0 Å². The van der Waals surface area contributed by atoms with Gasteiger partial charge in [0.15, 0.2) is 10.9 Å². The van der Waals surface area contributed by atoms with Crippen LogP contribution >= 0.6 is 11.8 Å². The SMILES string of the molecule is CC(=O)c1ccc(NC(=O)C(C)Sc2nc3ccccc3[nH]2)cc1. The Labute approximate surface area is 143 Å². The highest BCUT2D eigenvalue weighted by atomic mass is 32.2. The summed E-state index contributed by atoms with van der Waals surface area (Å²) in [7, 11) is 0. The number of benzene rings is 2. The zero-order valence-corrected chi connectivity index (χ0v) is 14.2. The number of aromatic nitrogens is 2. The van der Waals surface area contributed by atoms with Crippen LogP contribution in [0.15, 0.2) is 53.7 Å². The number of Topliss-reactive ketones (excluding diaryl/α,β-unsaturated/α-hetero) is 1. The van der Waals surface area contributed by atoms with Crippen LogP contribution in [-0.4, -0.2) is 26.9 Å². The zero-order chi connectivity index (χ0) is 17.1. The highest BCUT2D eigenvalue weighted by molar-refractivity contribution is 8.00. The van der Waals surface area contributed by atoms with Crippen molar-refractivity contribution in [1.82, 2.24) is 9.97 Å². The van der Waals surface area contributed by atoms with E-state index in [0.29, 0.717) is 16.4 Å². The monoisotopic (exact) mass is 339 g/mol. The third kappa shape index (κ3) is 3.65. The van der Waals surface area contributed by atoms with E-state index in [0.717, 1.165) is 11.0 Å². The fraction of sp³-hybridized carbons (Fsp3) is 0.167. The quantitative estimate of drug-likeness (QED) is 0.546. The summed E-state index contributed by atoms with van der Waals surface area (Å²) in [5.74, 6) is -0.113. The average Bonchev–Trinajstić information content (AvgIpc) is 2.97. The number of hydrogen-bond acceptors (Lipinski definition) is 4. The number of carbonyl (C=O) groups excluding carboxylic acids is 2. The summed E-state index contributed by atoms with van der Waals surface area (Å²) in [5, 5.41) is 3.26. The van der Waals surface area contributed by atoms with Gasteiger partial charge in [-0.25, -0.2) is 4.98 Å². The second-order valence-corrected chi connectivity index (χ2v) is 6.77. The molecule has 0 spiro atoms. The highest BCUT2D eigenvalue weighted by Crippen LogP contribution is 2.24. The smallest absolute Gasteiger partial charge is 0.237 e. The Morgan fingerprint density at radius 3 is 2.50 bits per heavy atom. The lowest BCUT2D eigenvalue weighted by molar-refractivity contribution is -0.115. The van der Waals surface area contributed by atoms with Gasteiger partial charge in [-0.15, -0.1) is 0 Å². The Kier molecular flexibility index (Phi) is 4.66. The van der Waals surface area contributed by atoms with E-state index >= 15 is 0 Å². The molecule has 5 nitrogen and oxygen atoms in total. The molecule has 0 aliphatic rings. The van der Waals surface area contributed by atoms with Gasteiger partial charge >= 0.3 is 0 Å². The number of aromatic amines is 1. The summed E-state index contributed by atoms with van der Waals surface area (Å²) in [6.07, 6.45) is 0. The minimum Gasteiger partial charge on any atom is -0.333 e. The molecule has 2 N–H and O–H groups in total. The van der Waals surface area contributed by atoms with E-state index in [1.165, 1.54) is 18.7 Å². The number of ketones is 1. The summed E-state index contributed by atoms with van der Waals surface area (Å²) in [5.41, 5.74) is 3.12. The van der Waals surface area contributed by atoms with E-state index in [1.54, 1.807) is 24.3 Å². The molecule has 0 fully saturated rings. The van der Waals surface area contributed by atoms with Crippen molar-refractivity contribution in [3.05, 3.63) is 54.1 Å². The Morgan fingerprint density at radius 1 is 1.12 bits per heavy atom. The average molecular weight is 339 g/mol. The summed E-state index contributed by atoms with van der Waals surface area (Å²) in [4.78, 5) is 31.2. The van der Waals surface area contributed by atoms with Gasteiger partial charge in [0.1, 0.15) is 0 Å². The molecule has 1 atom stereocenters. The Bertz CT molecular complexity index is 854.